The van der Waals surface area contributed by atoms with Crippen LogP contribution in [0.5, 0.6) is 0 Å². The Bertz CT molecular complexity index is 909. The second-order valence-electron chi connectivity index (χ2n) is 7.19. The lowest BCUT2D eigenvalue weighted by molar-refractivity contribution is -0.116. The SMILES string of the molecule is COC(=O)c1ccccc1NC(=O)CN1CCN(c2ccc(C(C)C)cc2)C1=O. The fourth-order valence-corrected chi connectivity index (χ4v) is 3.25. The predicted octanol–water partition coefficient (Wildman–Crippen LogP) is 3.48. The van der Waals surface area contributed by atoms with Crippen molar-refractivity contribution in [2.75, 3.05) is 37.0 Å². The van der Waals surface area contributed by atoms with Crippen molar-refractivity contribution in [3.63, 3.8) is 0 Å². The first kappa shape index (κ1) is 20.4. The van der Waals surface area contributed by atoms with Gasteiger partial charge in [0.25, 0.3) is 0 Å². The molecule has 1 aliphatic heterocycles. The van der Waals surface area contributed by atoms with Crippen LogP contribution < -0.4 is 10.2 Å². The van der Waals surface area contributed by atoms with E-state index < -0.39 is 5.97 Å². The Labute approximate surface area is 170 Å². The van der Waals surface area contributed by atoms with Gasteiger partial charge >= 0.3 is 12.0 Å². The highest BCUT2D eigenvalue weighted by Crippen LogP contribution is 2.23. The number of para-hydroxylation sites is 1. The zero-order valence-corrected chi connectivity index (χ0v) is 16.8. The van der Waals surface area contributed by atoms with Gasteiger partial charge in [0.05, 0.1) is 18.4 Å². The molecule has 0 radical (unpaired) electrons. The van der Waals surface area contributed by atoms with E-state index in [1.54, 1.807) is 29.2 Å². The summed E-state index contributed by atoms with van der Waals surface area (Å²) in [5.41, 5.74) is 2.65. The van der Waals surface area contributed by atoms with E-state index in [1.165, 1.54) is 17.6 Å². The third kappa shape index (κ3) is 4.56. The number of carbonyl (C=O) groups excluding carboxylic acids is 3. The zero-order chi connectivity index (χ0) is 21.0. The van der Waals surface area contributed by atoms with Crippen LogP contribution in [-0.2, 0) is 9.53 Å². The van der Waals surface area contributed by atoms with Crippen LogP contribution in [0.3, 0.4) is 0 Å². The minimum absolute atomic E-state index is 0.0884. The first-order valence-electron chi connectivity index (χ1n) is 9.54. The Morgan fingerprint density at radius 3 is 2.41 bits per heavy atom. The van der Waals surface area contributed by atoms with Gasteiger partial charge in [-0.25, -0.2) is 9.59 Å². The molecule has 1 heterocycles. The molecule has 3 rings (SSSR count). The van der Waals surface area contributed by atoms with E-state index in [0.29, 0.717) is 24.7 Å². The van der Waals surface area contributed by atoms with Gasteiger partial charge in [0.15, 0.2) is 0 Å². The first-order valence-corrected chi connectivity index (χ1v) is 9.54. The number of methoxy groups -OCH3 is 1. The number of anilines is 2. The molecule has 1 N–H and O–H groups in total. The van der Waals surface area contributed by atoms with Crippen molar-refractivity contribution < 1.29 is 19.1 Å². The van der Waals surface area contributed by atoms with E-state index in [2.05, 4.69) is 19.2 Å². The van der Waals surface area contributed by atoms with E-state index in [1.807, 2.05) is 24.3 Å². The quantitative estimate of drug-likeness (QED) is 0.760. The number of nitrogens with one attached hydrogen (secondary N) is 1. The number of rotatable bonds is 6. The Hall–Kier alpha value is -3.35. The maximum absolute atomic E-state index is 12.7. The van der Waals surface area contributed by atoms with Crippen molar-refractivity contribution in [1.82, 2.24) is 4.90 Å². The summed E-state index contributed by atoms with van der Waals surface area (Å²) in [4.78, 5) is 40.2. The Kier molecular flexibility index (Phi) is 6.16. The number of amides is 3. The van der Waals surface area contributed by atoms with Gasteiger partial charge in [0.1, 0.15) is 6.54 Å². The molecule has 0 spiro atoms. The van der Waals surface area contributed by atoms with Crippen molar-refractivity contribution in [3.8, 4) is 0 Å². The lowest BCUT2D eigenvalue weighted by Gasteiger charge is -2.19. The number of ether oxygens (including phenoxy) is 1. The van der Waals surface area contributed by atoms with E-state index in [4.69, 9.17) is 4.74 Å². The molecule has 0 aliphatic carbocycles. The second-order valence-corrected chi connectivity index (χ2v) is 7.19. The molecular formula is C22H25N3O4. The van der Waals surface area contributed by atoms with Crippen LogP contribution in [0.4, 0.5) is 16.2 Å². The molecule has 0 unspecified atom stereocenters. The number of hydrogen-bond donors (Lipinski definition) is 1. The normalized spacial score (nSPS) is 13.7. The summed E-state index contributed by atoms with van der Waals surface area (Å²) >= 11 is 0. The maximum atomic E-state index is 12.7. The fourth-order valence-electron chi connectivity index (χ4n) is 3.25. The molecular weight excluding hydrogens is 370 g/mol. The van der Waals surface area contributed by atoms with Gasteiger partial charge in [-0.1, -0.05) is 38.1 Å². The van der Waals surface area contributed by atoms with Crippen LogP contribution in [-0.4, -0.2) is 49.6 Å². The van der Waals surface area contributed by atoms with Gasteiger partial charge in [-0.15, -0.1) is 0 Å². The number of esters is 1. The molecule has 0 aromatic heterocycles. The third-order valence-corrected chi connectivity index (χ3v) is 4.91. The molecule has 1 saturated heterocycles. The van der Waals surface area contributed by atoms with Crippen LogP contribution in [0.15, 0.2) is 48.5 Å². The number of carbonyl (C=O) groups is 3. The molecule has 0 atom stereocenters. The van der Waals surface area contributed by atoms with E-state index >= 15 is 0 Å². The summed E-state index contributed by atoms with van der Waals surface area (Å²) in [5.74, 6) is -0.479. The highest BCUT2D eigenvalue weighted by Gasteiger charge is 2.31. The number of hydrogen-bond acceptors (Lipinski definition) is 4. The van der Waals surface area contributed by atoms with Crippen molar-refractivity contribution in [2.45, 2.75) is 19.8 Å². The second kappa shape index (κ2) is 8.77. The van der Waals surface area contributed by atoms with Crippen LogP contribution >= 0.6 is 0 Å². The predicted molar refractivity (Wildman–Crippen MR) is 111 cm³/mol. The van der Waals surface area contributed by atoms with Crippen LogP contribution in [0, 0.1) is 0 Å². The molecule has 0 bridgehead atoms. The van der Waals surface area contributed by atoms with E-state index in [0.717, 1.165) is 5.69 Å². The van der Waals surface area contributed by atoms with Crippen LogP contribution in [0.1, 0.15) is 35.7 Å². The minimum atomic E-state index is -0.533. The largest absolute Gasteiger partial charge is 0.465 e. The summed E-state index contributed by atoms with van der Waals surface area (Å²) in [6.07, 6.45) is 0. The highest BCUT2D eigenvalue weighted by atomic mass is 16.5. The van der Waals surface area contributed by atoms with E-state index in [-0.39, 0.29) is 24.0 Å². The lowest BCUT2D eigenvalue weighted by Crippen LogP contribution is -2.37. The molecule has 1 aliphatic rings. The monoisotopic (exact) mass is 395 g/mol. The highest BCUT2D eigenvalue weighted by molar-refractivity contribution is 6.03. The molecule has 152 valence electrons. The van der Waals surface area contributed by atoms with E-state index in [9.17, 15) is 14.4 Å². The minimum Gasteiger partial charge on any atom is -0.465 e. The van der Waals surface area contributed by atoms with Crippen LogP contribution in [0.2, 0.25) is 0 Å². The smallest absolute Gasteiger partial charge is 0.339 e. The summed E-state index contributed by atoms with van der Waals surface area (Å²) in [5, 5.41) is 2.70. The lowest BCUT2D eigenvalue weighted by atomic mass is 10.0. The summed E-state index contributed by atoms with van der Waals surface area (Å²) in [6, 6.07) is 14.3. The topological polar surface area (TPSA) is 79.0 Å². The summed E-state index contributed by atoms with van der Waals surface area (Å²) in [6.45, 7) is 5.13. The Morgan fingerprint density at radius 1 is 1.07 bits per heavy atom. The van der Waals surface area contributed by atoms with Crippen LogP contribution in [0.25, 0.3) is 0 Å². The van der Waals surface area contributed by atoms with Gasteiger partial charge in [0, 0.05) is 18.8 Å². The van der Waals surface area contributed by atoms with Crippen molar-refractivity contribution in [3.05, 3.63) is 59.7 Å². The number of nitrogens with zero attached hydrogens (tertiary/aromatic N) is 2. The summed E-state index contributed by atoms with van der Waals surface area (Å²) in [7, 11) is 1.28. The van der Waals surface area contributed by atoms with Crippen molar-refractivity contribution in [1.29, 1.82) is 0 Å². The standard InChI is InChI=1S/C22H25N3O4/c1-15(2)16-8-10-17(11-9-16)25-13-12-24(22(25)28)14-20(26)23-19-7-5-4-6-18(19)21(27)29-3/h4-11,15H,12-14H2,1-3H3,(H,23,26). The maximum Gasteiger partial charge on any atom is 0.339 e. The zero-order valence-electron chi connectivity index (χ0n) is 16.8. The van der Waals surface area contributed by atoms with Gasteiger partial charge in [-0.05, 0) is 35.7 Å². The Morgan fingerprint density at radius 2 is 1.76 bits per heavy atom. The summed E-state index contributed by atoms with van der Waals surface area (Å²) < 4.78 is 4.73. The molecule has 1 fully saturated rings. The average molecular weight is 395 g/mol. The molecule has 7 nitrogen and oxygen atoms in total. The molecule has 0 saturated carbocycles. The molecule has 2 aromatic carbocycles. The van der Waals surface area contributed by atoms with Crippen molar-refractivity contribution in [2.24, 2.45) is 0 Å². The van der Waals surface area contributed by atoms with Gasteiger partial charge in [0.2, 0.25) is 5.91 Å². The number of benzene rings is 2. The Balaban J connectivity index is 1.64. The molecule has 7 heteroatoms. The number of urea groups is 1. The third-order valence-electron chi connectivity index (χ3n) is 4.91. The molecule has 3 amide bonds. The molecule has 29 heavy (non-hydrogen) atoms. The van der Waals surface area contributed by atoms with Gasteiger partial charge < -0.3 is 15.0 Å². The first-order chi connectivity index (χ1) is 13.9. The van der Waals surface area contributed by atoms with Gasteiger partial charge in [-0.3, -0.25) is 9.69 Å². The van der Waals surface area contributed by atoms with Crippen molar-refractivity contribution >= 4 is 29.3 Å². The fraction of sp³-hybridized carbons (Fsp3) is 0.318. The molecule has 2 aromatic rings. The average Bonchev–Trinajstić information content (AvgIpc) is 3.08. The van der Waals surface area contributed by atoms with Gasteiger partial charge in [-0.2, -0.15) is 0 Å².